The van der Waals surface area contributed by atoms with Crippen molar-refractivity contribution < 1.29 is 9.53 Å². The molecule has 1 rings (SSSR count). The quantitative estimate of drug-likeness (QED) is 0.227. The summed E-state index contributed by atoms with van der Waals surface area (Å²) in [6.07, 6.45) is 14.9. The lowest BCUT2D eigenvalue weighted by molar-refractivity contribution is -0.129. The van der Waals surface area contributed by atoms with E-state index in [1.165, 1.54) is 51.0 Å². The average Bonchev–Trinajstić information content (AvgIpc) is 2.50. The van der Waals surface area contributed by atoms with Gasteiger partial charge in [-0.15, -0.1) is 0 Å². The summed E-state index contributed by atoms with van der Waals surface area (Å²) in [5, 5.41) is 0. The maximum Gasteiger partial charge on any atom is 0.335 e. The van der Waals surface area contributed by atoms with Gasteiger partial charge < -0.3 is 4.74 Å². The lowest BCUT2D eigenvalue weighted by Gasteiger charge is -2.00. The molecule has 0 radical (unpaired) electrons. The van der Waals surface area contributed by atoms with Gasteiger partial charge in [-0.2, -0.15) is 0 Å². The second kappa shape index (κ2) is 12.2. The van der Waals surface area contributed by atoms with Crippen LogP contribution >= 0.6 is 0 Å². The molecule has 0 aromatic heterocycles. The molecule has 0 aliphatic heterocycles. The lowest BCUT2D eigenvalue weighted by Crippen LogP contribution is -2.03. The van der Waals surface area contributed by atoms with Crippen molar-refractivity contribution in [1.29, 1.82) is 0 Å². The molecular weight excluding hydrogens is 260 g/mol. The van der Waals surface area contributed by atoms with Gasteiger partial charge in [0.1, 0.15) is 5.75 Å². The van der Waals surface area contributed by atoms with Gasteiger partial charge in [-0.1, -0.05) is 76.1 Å². The highest BCUT2D eigenvalue weighted by molar-refractivity contribution is 5.83. The van der Waals surface area contributed by atoms with Gasteiger partial charge in [0.05, 0.1) is 0 Å². The Morgan fingerprint density at radius 3 is 2.24 bits per heavy atom. The van der Waals surface area contributed by atoms with E-state index in [2.05, 4.69) is 6.92 Å². The summed E-state index contributed by atoms with van der Waals surface area (Å²) in [6, 6.07) is 9.17. The Morgan fingerprint density at radius 2 is 1.57 bits per heavy atom. The molecule has 0 unspecified atom stereocenters. The number of rotatable bonds is 11. The summed E-state index contributed by atoms with van der Waals surface area (Å²) in [6.45, 7) is 2.25. The first kappa shape index (κ1) is 17.5. The molecule has 116 valence electrons. The van der Waals surface area contributed by atoms with Crippen LogP contribution in [0.4, 0.5) is 0 Å². The van der Waals surface area contributed by atoms with Gasteiger partial charge in [-0.25, -0.2) is 4.79 Å². The van der Waals surface area contributed by atoms with E-state index >= 15 is 0 Å². The van der Waals surface area contributed by atoms with E-state index in [0.717, 1.165) is 12.8 Å². The average molecular weight is 288 g/mol. The molecule has 0 heterocycles. The van der Waals surface area contributed by atoms with E-state index < -0.39 is 0 Å². The minimum absolute atomic E-state index is 0.291. The number of unbranched alkanes of at least 4 members (excludes halogenated alkanes) is 8. The zero-order valence-electron chi connectivity index (χ0n) is 13.2. The fraction of sp³-hybridized carbons (Fsp3) is 0.526. The van der Waals surface area contributed by atoms with Crippen LogP contribution in [0.2, 0.25) is 0 Å². The molecule has 0 aliphatic carbocycles. The zero-order valence-corrected chi connectivity index (χ0v) is 13.2. The van der Waals surface area contributed by atoms with Gasteiger partial charge in [0, 0.05) is 6.08 Å². The van der Waals surface area contributed by atoms with Crippen molar-refractivity contribution >= 4 is 5.97 Å². The first-order valence-electron chi connectivity index (χ1n) is 8.26. The smallest absolute Gasteiger partial charge is 0.335 e. The van der Waals surface area contributed by atoms with Gasteiger partial charge in [0.2, 0.25) is 0 Å². The van der Waals surface area contributed by atoms with Gasteiger partial charge >= 0.3 is 5.97 Å². The fourth-order valence-corrected chi connectivity index (χ4v) is 2.21. The number of carbonyl (C=O) groups is 1. The van der Waals surface area contributed by atoms with Crippen LogP contribution < -0.4 is 4.74 Å². The van der Waals surface area contributed by atoms with Crippen LogP contribution in [-0.2, 0) is 4.79 Å². The standard InChI is InChI=1S/C19H28O2/c1-2-3-4-5-6-7-8-9-10-14-17-19(20)21-18-15-12-11-13-16-18/h11-17H,2-10H2,1H3/b17-14+. The van der Waals surface area contributed by atoms with Crippen molar-refractivity contribution in [3.8, 4) is 5.75 Å². The van der Waals surface area contributed by atoms with Crippen LogP contribution in [0.25, 0.3) is 0 Å². The first-order chi connectivity index (χ1) is 10.3. The predicted molar refractivity (Wildman–Crippen MR) is 88.4 cm³/mol. The van der Waals surface area contributed by atoms with Crippen LogP contribution in [0.15, 0.2) is 42.5 Å². The molecule has 0 aliphatic rings. The fourth-order valence-electron chi connectivity index (χ4n) is 2.21. The monoisotopic (exact) mass is 288 g/mol. The van der Waals surface area contributed by atoms with Gasteiger partial charge in [-0.3, -0.25) is 0 Å². The van der Waals surface area contributed by atoms with E-state index in [9.17, 15) is 4.79 Å². The summed E-state index contributed by atoms with van der Waals surface area (Å²) in [5.74, 6) is 0.306. The van der Waals surface area contributed by atoms with Crippen LogP contribution in [-0.4, -0.2) is 5.97 Å². The van der Waals surface area contributed by atoms with Crippen LogP contribution in [0, 0.1) is 0 Å². The second-order valence-electron chi connectivity index (χ2n) is 5.40. The number of benzene rings is 1. The third kappa shape index (κ3) is 9.89. The minimum atomic E-state index is -0.291. The van der Waals surface area contributed by atoms with Gasteiger partial charge in [-0.05, 0) is 25.0 Å². The Morgan fingerprint density at radius 1 is 0.952 bits per heavy atom. The molecule has 0 amide bonds. The molecule has 0 atom stereocenters. The molecule has 1 aromatic carbocycles. The van der Waals surface area contributed by atoms with Crippen molar-refractivity contribution in [3.63, 3.8) is 0 Å². The number of carbonyl (C=O) groups excluding carboxylic acids is 1. The summed E-state index contributed by atoms with van der Waals surface area (Å²) in [5.41, 5.74) is 0. The van der Waals surface area contributed by atoms with E-state index in [4.69, 9.17) is 4.74 Å². The van der Waals surface area contributed by atoms with Gasteiger partial charge in [0.25, 0.3) is 0 Å². The molecular formula is C19H28O2. The SMILES string of the molecule is CCCCCCCCCC/C=C/C(=O)Oc1ccccc1. The Balaban J connectivity index is 1.98. The van der Waals surface area contributed by atoms with Crippen molar-refractivity contribution in [3.05, 3.63) is 42.5 Å². The van der Waals surface area contributed by atoms with Crippen LogP contribution in [0.3, 0.4) is 0 Å². The Hall–Kier alpha value is -1.57. The highest BCUT2D eigenvalue weighted by Crippen LogP contribution is 2.10. The van der Waals surface area contributed by atoms with E-state index in [1.807, 2.05) is 24.3 Å². The third-order valence-electron chi connectivity index (χ3n) is 3.44. The third-order valence-corrected chi connectivity index (χ3v) is 3.44. The summed E-state index contributed by atoms with van der Waals surface area (Å²) < 4.78 is 5.17. The van der Waals surface area contributed by atoms with Gasteiger partial charge in [0.15, 0.2) is 0 Å². The zero-order chi connectivity index (χ0) is 15.2. The number of hydrogen-bond donors (Lipinski definition) is 0. The Bertz CT molecular complexity index is 395. The van der Waals surface area contributed by atoms with Crippen molar-refractivity contribution in [2.45, 2.75) is 64.7 Å². The molecule has 0 fully saturated rings. The molecule has 0 bridgehead atoms. The number of allylic oxidation sites excluding steroid dienone is 1. The number of para-hydroxylation sites is 1. The van der Waals surface area contributed by atoms with Crippen molar-refractivity contribution in [1.82, 2.24) is 0 Å². The Kier molecular flexibility index (Phi) is 10.1. The van der Waals surface area contributed by atoms with Crippen molar-refractivity contribution in [2.24, 2.45) is 0 Å². The highest BCUT2D eigenvalue weighted by Gasteiger charge is 1.98. The highest BCUT2D eigenvalue weighted by atomic mass is 16.5. The van der Waals surface area contributed by atoms with Crippen LogP contribution in [0.5, 0.6) is 5.75 Å². The first-order valence-corrected chi connectivity index (χ1v) is 8.26. The lowest BCUT2D eigenvalue weighted by atomic mass is 10.1. The molecule has 0 N–H and O–H groups in total. The maximum atomic E-state index is 11.5. The molecule has 2 nitrogen and oxygen atoms in total. The summed E-state index contributed by atoms with van der Waals surface area (Å²) in [7, 11) is 0. The number of hydrogen-bond acceptors (Lipinski definition) is 2. The van der Waals surface area contributed by atoms with Crippen LogP contribution in [0.1, 0.15) is 64.7 Å². The van der Waals surface area contributed by atoms with E-state index in [-0.39, 0.29) is 5.97 Å². The molecule has 0 saturated carbocycles. The number of esters is 1. The molecule has 21 heavy (non-hydrogen) atoms. The second-order valence-corrected chi connectivity index (χ2v) is 5.40. The largest absolute Gasteiger partial charge is 0.423 e. The summed E-state index contributed by atoms with van der Waals surface area (Å²) in [4.78, 5) is 11.5. The molecule has 2 heteroatoms. The molecule has 0 saturated heterocycles. The topological polar surface area (TPSA) is 26.3 Å². The van der Waals surface area contributed by atoms with E-state index in [0.29, 0.717) is 5.75 Å². The Labute approximate surface area is 129 Å². The summed E-state index contributed by atoms with van der Waals surface area (Å²) >= 11 is 0. The molecule has 0 spiro atoms. The van der Waals surface area contributed by atoms with E-state index in [1.54, 1.807) is 12.1 Å². The normalized spacial score (nSPS) is 10.9. The maximum absolute atomic E-state index is 11.5. The van der Waals surface area contributed by atoms with Crippen molar-refractivity contribution in [2.75, 3.05) is 0 Å². The number of ether oxygens (including phenoxy) is 1. The predicted octanol–water partition coefficient (Wildman–Crippen LogP) is 5.68. The minimum Gasteiger partial charge on any atom is -0.423 e. The molecule has 1 aromatic rings.